The van der Waals surface area contributed by atoms with Crippen LogP contribution in [0, 0.1) is 5.82 Å². The van der Waals surface area contributed by atoms with Gasteiger partial charge in [-0.25, -0.2) is 4.39 Å². The number of carbonyl (C=O) groups excluding carboxylic acids is 1. The van der Waals surface area contributed by atoms with E-state index in [0.29, 0.717) is 23.7 Å². The van der Waals surface area contributed by atoms with Crippen molar-refractivity contribution in [3.63, 3.8) is 0 Å². The number of anilines is 1. The van der Waals surface area contributed by atoms with Crippen molar-refractivity contribution >= 4 is 23.2 Å². The molecule has 1 fully saturated rings. The Morgan fingerprint density at radius 1 is 1.04 bits per heavy atom. The first-order valence-electron chi connectivity index (χ1n) is 8.85. The molecule has 0 saturated carbocycles. The SMILES string of the molecule is O=C(Cc1ccccc1Cl)NCCN1CCN(c2ccccc2F)CC1. The zero-order valence-electron chi connectivity index (χ0n) is 14.6. The molecule has 0 aromatic heterocycles. The van der Waals surface area contributed by atoms with Crippen molar-refractivity contribution < 1.29 is 9.18 Å². The number of nitrogens with zero attached hydrogens (tertiary/aromatic N) is 2. The molecule has 1 heterocycles. The van der Waals surface area contributed by atoms with E-state index in [2.05, 4.69) is 15.1 Å². The van der Waals surface area contributed by atoms with Crippen LogP contribution in [0.25, 0.3) is 0 Å². The minimum absolute atomic E-state index is 0.0249. The number of halogens is 2. The van der Waals surface area contributed by atoms with Gasteiger partial charge in [-0.1, -0.05) is 41.9 Å². The van der Waals surface area contributed by atoms with Crippen LogP contribution < -0.4 is 10.2 Å². The standard InChI is InChI=1S/C20H23ClFN3O/c21-17-6-2-1-5-16(17)15-20(26)23-9-10-24-11-13-25(14-12-24)19-8-4-3-7-18(19)22/h1-8H,9-15H2,(H,23,26). The first-order chi connectivity index (χ1) is 12.6. The smallest absolute Gasteiger partial charge is 0.224 e. The molecular weight excluding hydrogens is 353 g/mol. The molecule has 1 amide bonds. The Morgan fingerprint density at radius 2 is 1.73 bits per heavy atom. The lowest BCUT2D eigenvalue weighted by atomic mass is 10.1. The lowest BCUT2D eigenvalue weighted by Crippen LogP contribution is -2.48. The minimum Gasteiger partial charge on any atom is -0.367 e. The summed E-state index contributed by atoms with van der Waals surface area (Å²) in [5, 5.41) is 3.56. The molecule has 1 aliphatic rings. The average Bonchev–Trinajstić information content (AvgIpc) is 2.65. The van der Waals surface area contributed by atoms with Gasteiger partial charge in [-0.2, -0.15) is 0 Å². The van der Waals surface area contributed by atoms with Gasteiger partial charge in [0.2, 0.25) is 5.91 Å². The molecule has 3 rings (SSSR count). The number of piperazine rings is 1. The minimum atomic E-state index is -0.173. The third kappa shape index (κ3) is 4.96. The number of hydrogen-bond acceptors (Lipinski definition) is 3. The van der Waals surface area contributed by atoms with Crippen molar-refractivity contribution in [3.05, 3.63) is 64.9 Å². The number of amides is 1. The van der Waals surface area contributed by atoms with E-state index in [1.165, 1.54) is 6.07 Å². The second kappa shape index (κ2) is 9.01. The Kier molecular flexibility index (Phi) is 6.47. The molecule has 0 aliphatic carbocycles. The fourth-order valence-corrected chi connectivity index (χ4v) is 3.35. The summed E-state index contributed by atoms with van der Waals surface area (Å²) in [7, 11) is 0. The van der Waals surface area contributed by atoms with Gasteiger partial charge in [-0.05, 0) is 23.8 Å². The molecule has 138 valence electrons. The van der Waals surface area contributed by atoms with Gasteiger partial charge in [0.25, 0.3) is 0 Å². The van der Waals surface area contributed by atoms with Crippen LogP contribution in [-0.2, 0) is 11.2 Å². The largest absolute Gasteiger partial charge is 0.367 e. The normalized spacial score (nSPS) is 15.1. The Hall–Kier alpha value is -2.11. The van der Waals surface area contributed by atoms with Crippen molar-refractivity contribution in [2.75, 3.05) is 44.2 Å². The van der Waals surface area contributed by atoms with Crippen LogP contribution in [0.5, 0.6) is 0 Å². The highest BCUT2D eigenvalue weighted by Crippen LogP contribution is 2.20. The maximum atomic E-state index is 13.9. The molecule has 2 aromatic carbocycles. The maximum absolute atomic E-state index is 13.9. The van der Waals surface area contributed by atoms with Crippen LogP contribution in [0.4, 0.5) is 10.1 Å². The fraction of sp³-hybridized carbons (Fsp3) is 0.350. The summed E-state index contributed by atoms with van der Waals surface area (Å²) in [6.45, 7) is 4.68. The Labute approximate surface area is 158 Å². The third-order valence-electron chi connectivity index (χ3n) is 4.62. The first-order valence-corrected chi connectivity index (χ1v) is 9.23. The van der Waals surface area contributed by atoms with E-state index in [9.17, 15) is 9.18 Å². The maximum Gasteiger partial charge on any atom is 0.224 e. The average molecular weight is 376 g/mol. The number of rotatable bonds is 6. The van der Waals surface area contributed by atoms with E-state index in [4.69, 9.17) is 11.6 Å². The van der Waals surface area contributed by atoms with Crippen molar-refractivity contribution in [3.8, 4) is 0 Å². The van der Waals surface area contributed by atoms with Gasteiger partial charge in [0.15, 0.2) is 0 Å². The van der Waals surface area contributed by atoms with Crippen LogP contribution in [0.1, 0.15) is 5.56 Å². The Balaban J connectivity index is 1.38. The van der Waals surface area contributed by atoms with E-state index in [1.54, 1.807) is 12.1 Å². The monoisotopic (exact) mass is 375 g/mol. The first kappa shape index (κ1) is 18.7. The lowest BCUT2D eigenvalue weighted by molar-refractivity contribution is -0.120. The number of para-hydroxylation sites is 1. The highest BCUT2D eigenvalue weighted by atomic mass is 35.5. The fourth-order valence-electron chi connectivity index (χ4n) is 3.15. The van der Waals surface area contributed by atoms with E-state index >= 15 is 0 Å². The molecule has 1 N–H and O–H groups in total. The molecule has 1 aliphatic heterocycles. The predicted molar refractivity (Wildman–Crippen MR) is 103 cm³/mol. The van der Waals surface area contributed by atoms with E-state index in [0.717, 1.165) is 38.3 Å². The number of hydrogen-bond donors (Lipinski definition) is 1. The molecule has 0 bridgehead atoms. The molecule has 0 radical (unpaired) electrons. The Morgan fingerprint density at radius 3 is 2.46 bits per heavy atom. The summed E-state index contributed by atoms with van der Waals surface area (Å²) in [6.07, 6.45) is 0.292. The molecule has 0 unspecified atom stereocenters. The van der Waals surface area contributed by atoms with E-state index in [-0.39, 0.29) is 11.7 Å². The second-order valence-electron chi connectivity index (χ2n) is 6.40. The summed E-state index contributed by atoms with van der Waals surface area (Å²) in [6, 6.07) is 14.3. The molecule has 1 saturated heterocycles. The van der Waals surface area contributed by atoms with Gasteiger partial charge in [0.05, 0.1) is 12.1 Å². The topological polar surface area (TPSA) is 35.6 Å². The lowest BCUT2D eigenvalue weighted by Gasteiger charge is -2.36. The Bertz CT molecular complexity index is 747. The van der Waals surface area contributed by atoms with Crippen LogP contribution in [0.15, 0.2) is 48.5 Å². The summed E-state index contributed by atoms with van der Waals surface area (Å²) in [5.74, 6) is -0.198. The highest BCUT2D eigenvalue weighted by Gasteiger charge is 2.19. The number of carbonyl (C=O) groups is 1. The zero-order chi connectivity index (χ0) is 18.4. The van der Waals surface area contributed by atoms with Gasteiger partial charge in [-0.15, -0.1) is 0 Å². The second-order valence-corrected chi connectivity index (χ2v) is 6.81. The van der Waals surface area contributed by atoms with Gasteiger partial charge in [0, 0.05) is 44.3 Å². The molecule has 6 heteroatoms. The molecule has 0 atom stereocenters. The van der Waals surface area contributed by atoms with Crippen molar-refractivity contribution in [2.45, 2.75) is 6.42 Å². The van der Waals surface area contributed by atoms with Crippen LogP contribution in [-0.4, -0.2) is 50.1 Å². The number of nitrogens with one attached hydrogen (secondary N) is 1. The molecule has 4 nitrogen and oxygen atoms in total. The van der Waals surface area contributed by atoms with Gasteiger partial charge < -0.3 is 10.2 Å². The quantitative estimate of drug-likeness (QED) is 0.843. The van der Waals surface area contributed by atoms with Gasteiger partial charge >= 0.3 is 0 Å². The van der Waals surface area contributed by atoms with Crippen molar-refractivity contribution in [1.29, 1.82) is 0 Å². The van der Waals surface area contributed by atoms with Gasteiger partial charge in [-0.3, -0.25) is 9.69 Å². The number of benzene rings is 2. The van der Waals surface area contributed by atoms with Crippen LogP contribution in [0.2, 0.25) is 5.02 Å². The van der Waals surface area contributed by atoms with Crippen LogP contribution in [0.3, 0.4) is 0 Å². The highest BCUT2D eigenvalue weighted by molar-refractivity contribution is 6.31. The summed E-state index contributed by atoms with van der Waals surface area (Å²) >= 11 is 6.08. The zero-order valence-corrected chi connectivity index (χ0v) is 15.4. The summed E-state index contributed by atoms with van der Waals surface area (Å²) < 4.78 is 13.9. The van der Waals surface area contributed by atoms with Gasteiger partial charge in [0.1, 0.15) is 5.82 Å². The van der Waals surface area contributed by atoms with E-state index in [1.807, 2.05) is 30.3 Å². The van der Waals surface area contributed by atoms with E-state index < -0.39 is 0 Å². The predicted octanol–water partition coefficient (Wildman–Crippen LogP) is 2.96. The van der Waals surface area contributed by atoms with Crippen LogP contribution >= 0.6 is 11.6 Å². The summed E-state index contributed by atoms with van der Waals surface area (Å²) in [4.78, 5) is 16.4. The molecule has 0 spiro atoms. The van der Waals surface area contributed by atoms with Crippen molar-refractivity contribution in [2.24, 2.45) is 0 Å². The van der Waals surface area contributed by atoms with Crippen molar-refractivity contribution in [1.82, 2.24) is 10.2 Å². The summed E-state index contributed by atoms with van der Waals surface area (Å²) in [5.41, 5.74) is 1.50. The molecular formula is C20H23ClFN3O. The third-order valence-corrected chi connectivity index (χ3v) is 4.99. The molecule has 26 heavy (non-hydrogen) atoms. The molecule has 2 aromatic rings.